The molecule has 0 heterocycles. The fourth-order valence-electron chi connectivity index (χ4n) is 1.77. The Morgan fingerprint density at radius 2 is 2.05 bits per heavy atom. The second kappa shape index (κ2) is 7.96. The van der Waals surface area contributed by atoms with Crippen LogP contribution in [0.2, 0.25) is 5.02 Å². The van der Waals surface area contributed by atoms with Crippen molar-refractivity contribution in [1.29, 1.82) is 0 Å². The Balaban J connectivity index is 1.90. The summed E-state index contributed by atoms with van der Waals surface area (Å²) in [4.78, 5) is 11.8. The molecule has 0 radical (unpaired) electrons. The number of halogens is 2. The van der Waals surface area contributed by atoms with Gasteiger partial charge in [-0.3, -0.25) is 4.79 Å². The molecular weight excluding hydrogens is 368 g/mol. The quantitative estimate of drug-likeness (QED) is 0.632. The predicted molar refractivity (Wildman–Crippen MR) is 91.6 cm³/mol. The largest absolute Gasteiger partial charge is 0.495 e. The third kappa shape index (κ3) is 4.86. The van der Waals surface area contributed by atoms with Gasteiger partial charge in [-0.1, -0.05) is 39.7 Å². The average Bonchev–Trinajstić information content (AvgIpc) is 2.50. The Kier molecular flexibility index (Phi) is 5.98. The maximum absolute atomic E-state index is 11.8. The molecule has 1 N–H and O–H groups in total. The zero-order chi connectivity index (χ0) is 15.9. The van der Waals surface area contributed by atoms with Gasteiger partial charge in [0.1, 0.15) is 5.75 Å². The van der Waals surface area contributed by atoms with Crippen molar-refractivity contribution in [3.8, 4) is 5.75 Å². The lowest BCUT2D eigenvalue weighted by molar-refractivity contribution is -0.120. The SMILES string of the molecule is COc1ccc(/C=N/NC(=O)Cc2ccc(Br)cc2)cc1Cl. The normalized spacial score (nSPS) is 10.7. The van der Waals surface area contributed by atoms with Crippen LogP contribution < -0.4 is 10.2 Å². The van der Waals surface area contributed by atoms with Crippen LogP contribution in [-0.4, -0.2) is 19.2 Å². The molecule has 0 unspecified atom stereocenters. The van der Waals surface area contributed by atoms with Gasteiger partial charge in [-0.2, -0.15) is 5.10 Å². The molecule has 22 heavy (non-hydrogen) atoms. The van der Waals surface area contributed by atoms with Crippen molar-refractivity contribution in [3.05, 3.63) is 63.1 Å². The Morgan fingerprint density at radius 3 is 2.68 bits per heavy atom. The van der Waals surface area contributed by atoms with E-state index in [-0.39, 0.29) is 12.3 Å². The fraction of sp³-hybridized carbons (Fsp3) is 0.125. The van der Waals surface area contributed by atoms with Crippen LogP contribution in [0.15, 0.2) is 52.0 Å². The summed E-state index contributed by atoms with van der Waals surface area (Å²) in [5.74, 6) is 0.413. The predicted octanol–water partition coefficient (Wildman–Crippen LogP) is 3.80. The first kappa shape index (κ1) is 16.5. The zero-order valence-corrected chi connectivity index (χ0v) is 14.2. The topological polar surface area (TPSA) is 50.7 Å². The van der Waals surface area contributed by atoms with Crippen LogP contribution >= 0.6 is 27.5 Å². The summed E-state index contributed by atoms with van der Waals surface area (Å²) >= 11 is 9.36. The van der Waals surface area contributed by atoms with Gasteiger partial charge in [0.2, 0.25) is 5.91 Å². The Bertz CT molecular complexity index is 687. The molecule has 0 saturated carbocycles. The van der Waals surface area contributed by atoms with Gasteiger partial charge in [-0.05, 0) is 41.5 Å². The van der Waals surface area contributed by atoms with E-state index in [4.69, 9.17) is 16.3 Å². The molecule has 0 fully saturated rings. The number of amides is 1. The highest BCUT2D eigenvalue weighted by Gasteiger charge is 2.02. The van der Waals surface area contributed by atoms with Crippen molar-refractivity contribution in [2.75, 3.05) is 7.11 Å². The zero-order valence-electron chi connectivity index (χ0n) is 11.8. The Hall–Kier alpha value is -1.85. The summed E-state index contributed by atoms with van der Waals surface area (Å²) in [5.41, 5.74) is 4.18. The molecule has 0 spiro atoms. The summed E-state index contributed by atoms with van der Waals surface area (Å²) in [6.45, 7) is 0. The maximum Gasteiger partial charge on any atom is 0.244 e. The summed E-state index contributed by atoms with van der Waals surface area (Å²) in [6.07, 6.45) is 1.80. The van der Waals surface area contributed by atoms with Crippen molar-refractivity contribution >= 4 is 39.7 Å². The van der Waals surface area contributed by atoms with Crippen LogP contribution in [0.5, 0.6) is 5.75 Å². The van der Waals surface area contributed by atoms with Gasteiger partial charge in [0.15, 0.2) is 0 Å². The van der Waals surface area contributed by atoms with E-state index in [0.717, 1.165) is 15.6 Å². The minimum Gasteiger partial charge on any atom is -0.495 e. The smallest absolute Gasteiger partial charge is 0.244 e. The molecule has 114 valence electrons. The van der Waals surface area contributed by atoms with Gasteiger partial charge >= 0.3 is 0 Å². The second-order valence-corrected chi connectivity index (χ2v) is 5.81. The van der Waals surface area contributed by atoms with Gasteiger partial charge in [0.05, 0.1) is 24.8 Å². The van der Waals surface area contributed by atoms with Crippen molar-refractivity contribution < 1.29 is 9.53 Å². The van der Waals surface area contributed by atoms with Crippen molar-refractivity contribution in [1.82, 2.24) is 5.43 Å². The molecule has 0 aromatic heterocycles. The van der Waals surface area contributed by atoms with Crippen LogP contribution in [0.25, 0.3) is 0 Å². The molecule has 0 atom stereocenters. The minimum atomic E-state index is -0.182. The monoisotopic (exact) mass is 380 g/mol. The number of methoxy groups -OCH3 is 1. The van der Waals surface area contributed by atoms with E-state index in [2.05, 4.69) is 26.5 Å². The Labute approximate surface area is 142 Å². The number of benzene rings is 2. The number of carbonyl (C=O) groups excluding carboxylic acids is 1. The number of nitrogens with one attached hydrogen (secondary N) is 1. The summed E-state index contributed by atoms with van der Waals surface area (Å²) in [7, 11) is 1.55. The van der Waals surface area contributed by atoms with Crippen LogP contribution in [0, 0.1) is 0 Å². The third-order valence-corrected chi connectivity index (χ3v) is 3.68. The van der Waals surface area contributed by atoms with Crippen molar-refractivity contribution in [3.63, 3.8) is 0 Å². The van der Waals surface area contributed by atoms with Crippen molar-refractivity contribution in [2.45, 2.75) is 6.42 Å². The number of carbonyl (C=O) groups is 1. The second-order valence-electron chi connectivity index (χ2n) is 4.49. The van der Waals surface area contributed by atoms with Gasteiger partial charge in [-0.15, -0.1) is 0 Å². The summed E-state index contributed by atoms with van der Waals surface area (Å²) < 4.78 is 6.05. The highest BCUT2D eigenvalue weighted by molar-refractivity contribution is 9.10. The molecule has 0 saturated heterocycles. The van der Waals surface area contributed by atoms with Crippen LogP contribution in [-0.2, 0) is 11.2 Å². The number of hydrogen-bond donors (Lipinski definition) is 1. The third-order valence-electron chi connectivity index (χ3n) is 2.86. The summed E-state index contributed by atoms with van der Waals surface area (Å²) in [6, 6.07) is 12.8. The van der Waals surface area contributed by atoms with E-state index in [9.17, 15) is 4.79 Å². The average molecular weight is 382 g/mol. The number of hydrazone groups is 1. The van der Waals surface area contributed by atoms with E-state index in [1.54, 1.807) is 25.3 Å². The molecule has 0 aliphatic carbocycles. The standard InChI is InChI=1S/C16H14BrClN2O2/c1-22-15-7-4-12(8-14(15)18)10-19-20-16(21)9-11-2-5-13(17)6-3-11/h2-8,10H,9H2,1H3,(H,20,21)/b19-10+. The minimum absolute atomic E-state index is 0.182. The van der Waals surface area contributed by atoms with Crippen LogP contribution in [0.3, 0.4) is 0 Å². The first-order valence-corrected chi connectivity index (χ1v) is 7.65. The number of rotatable bonds is 5. The lowest BCUT2D eigenvalue weighted by Crippen LogP contribution is -2.19. The first-order valence-electron chi connectivity index (χ1n) is 6.48. The van der Waals surface area contributed by atoms with Crippen LogP contribution in [0.1, 0.15) is 11.1 Å². The molecule has 2 aromatic carbocycles. The molecule has 0 bridgehead atoms. The van der Waals surface area contributed by atoms with Gasteiger partial charge < -0.3 is 4.74 Å². The molecule has 2 rings (SSSR count). The first-order chi connectivity index (χ1) is 10.6. The van der Waals surface area contributed by atoms with E-state index in [1.807, 2.05) is 24.3 Å². The number of nitrogens with zero attached hydrogens (tertiary/aromatic N) is 1. The molecule has 4 nitrogen and oxygen atoms in total. The van der Waals surface area contributed by atoms with E-state index >= 15 is 0 Å². The highest BCUT2D eigenvalue weighted by atomic mass is 79.9. The molecule has 0 aliphatic heterocycles. The molecule has 2 aromatic rings. The van der Waals surface area contributed by atoms with E-state index in [1.165, 1.54) is 6.21 Å². The van der Waals surface area contributed by atoms with Crippen molar-refractivity contribution in [2.24, 2.45) is 5.10 Å². The molecule has 6 heteroatoms. The number of ether oxygens (including phenoxy) is 1. The van der Waals surface area contributed by atoms with E-state index in [0.29, 0.717) is 10.8 Å². The van der Waals surface area contributed by atoms with Gasteiger partial charge in [-0.25, -0.2) is 5.43 Å². The molecular formula is C16H14BrClN2O2. The maximum atomic E-state index is 11.8. The lowest BCUT2D eigenvalue weighted by atomic mass is 10.1. The fourth-order valence-corrected chi connectivity index (χ4v) is 2.30. The Morgan fingerprint density at radius 1 is 1.32 bits per heavy atom. The molecule has 0 aliphatic rings. The lowest BCUT2D eigenvalue weighted by Gasteiger charge is -2.03. The summed E-state index contributed by atoms with van der Waals surface area (Å²) in [5, 5.41) is 4.41. The van der Waals surface area contributed by atoms with Gasteiger partial charge in [0.25, 0.3) is 0 Å². The highest BCUT2D eigenvalue weighted by Crippen LogP contribution is 2.24. The van der Waals surface area contributed by atoms with Gasteiger partial charge in [0, 0.05) is 4.47 Å². The van der Waals surface area contributed by atoms with Crippen LogP contribution in [0.4, 0.5) is 0 Å². The number of hydrogen-bond acceptors (Lipinski definition) is 3. The van der Waals surface area contributed by atoms with E-state index < -0.39 is 0 Å². The molecule has 1 amide bonds.